The number of aromatic amines is 1. The molecule has 1 aromatic heterocycles. The fourth-order valence-corrected chi connectivity index (χ4v) is 1.99. The summed E-state index contributed by atoms with van der Waals surface area (Å²) in [5, 5.41) is 2.86. The van der Waals surface area contributed by atoms with Crippen LogP contribution in [-0.4, -0.2) is 23.0 Å². The molecule has 3 rings (SSSR count). The zero-order valence-corrected chi connectivity index (χ0v) is 11.0. The van der Waals surface area contributed by atoms with Crippen LogP contribution in [0.3, 0.4) is 0 Å². The minimum Gasteiger partial charge on any atom is -0.345 e. The molecule has 5 nitrogen and oxygen atoms in total. The minimum atomic E-state index is -0.185. The number of nitrogens with one attached hydrogen (secondary N) is 2. The predicted octanol–water partition coefficient (Wildman–Crippen LogP) is 3.23. The lowest BCUT2D eigenvalue weighted by molar-refractivity contribution is 0.258. The van der Waals surface area contributed by atoms with Crippen molar-refractivity contribution in [1.29, 1.82) is 0 Å². The van der Waals surface area contributed by atoms with Gasteiger partial charge >= 0.3 is 6.03 Å². The van der Waals surface area contributed by atoms with Crippen LogP contribution >= 0.6 is 0 Å². The molecular weight excluding hydrogens is 252 g/mol. The Hall–Kier alpha value is -2.82. The fourth-order valence-electron chi connectivity index (χ4n) is 1.99. The summed E-state index contributed by atoms with van der Waals surface area (Å²) in [7, 11) is 1.74. The van der Waals surface area contributed by atoms with Gasteiger partial charge in [0.25, 0.3) is 0 Å². The summed E-state index contributed by atoms with van der Waals surface area (Å²) >= 11 is 0. The number of aromatic nitrogens is 2. The summed E-state index contributed by atoms with van der Waals surface area (Å²) in [5.41, 5.74) is 3.34. The van der Waals surface area contributed by atoms with Crippen LogP contribution < -0.4 is 10.2 Å². The van der Waals surface area contributed by atoms with Crippen molar-refractivity contribution < 1.29 is 4.79 Å². The highest BCUT2D eigenvalue weighted by atomic mass is 16.2. The number of hydrogen-bond acceptors (Lipinski definition) is 2. The second kappa shape index (κ2) is 5.05. The Labute approximate surface area is 116 Å². The molecule has 20 heavy (non-hydrogen) atoms. The molecule has 1 heterocycles. The van der Waals surface area contributed by atoms with Crippen molar-refractivity contribution in [3.8, 4) is 0 Å². The number of urea groups is 1. The summed E-state index contributed by atoms with van der Waals surface area (Å²) in [4.78, 5) is 20.9. The average Bonchev–Trinajstić information content (AvgIpc) is 2.95. The number of benzene rings is 2. The van der Waals surface area contributed by atoms with Gasteiger partial charge in [-0.3, -0.25) is 4.90 Å². The summed E-state index contributed by atoms with van der Waals surface area (Å²) in [6.07, 6.45) is 1.63. The predicted molar refractivity (Wildman–Crippen MR) is 80.0 cm³/mol. The third-order valence-corrected chi connectivity index (χ3v) is 3.12. The normalized spacial score (nSPS) is 10.4. The molecule has 0 aliphatic heterocycles. The van der Waals surface area contributed by atoms with Gasteiger partial charge < -0.3 is 10.3 Å². The third kappa shape index (κ3) is 2.33. The van der Waals surface area contributed by atoms with E-state index in [-0.39, 0.29) is 6.03 Å². The van der Waals surface area contributed by atoms with Gasteiger partial charge in [0, 0.05) is 18.4 Å². The van der Waals surface area contributed by atoms with Gasteiger partial charge in [0.1, 0.15) is 0 Å². The maximum atomic E-state index is 12.2. The minimum absolute atomic E-state index is 0.185. The number of amides is 2. The van der Waals surface area contributed by atoms with E-state index in [1.165, 1.54) is 0 Å². The van der Waals surface area contributed by atoms with Gasteiger partial charge in [-0.1, -0.05) is 18.2 Å². The van der Waals surface area contributed by atoms with E-state index in [1.54, 1.807) is 18.3 Å². The molecule has 5 heteroatoms. The number of imidazole rings is 1. The SMILES string of the molecule is CN(C(=O)Nc1ccc2nc[nH]c2c1)c1ccccc1. The van der Waals surface area contributed by atoms with Crippen molar-refractivity contribution in [1.82, 2.24) is 9.97 Å². The van der Waals surface area contributed by atoms with Gasteiger partial charge in [0.15, 0.2) is 0 Å². The number of fused-ring (bicyclic) bond motifs is 1. The van der Waals surface area contributed by atoms with Crippen molar-refractivity contribution in [3.05, 3.63) is 54.9 Å². The second-order valence-corrected chi connectivity index (χ2v) is 4.46. The Morgan fingerprint density at radius 3 is 2.80 bits per heavy atom. The Bertz CT molecular complexity index is 736. The van der Waals surface area contributed by atoms with Crippen LogP contribution in [0.15, 0.2) is 54.9 Å². The van der Waals surface area contributed by atoms with Crippen LogP contribution in [0.4, 0.5) is 16.2 Å². The molecule has 0 saturated heterocycles. The summed E-state index contributed by atoms with van der Waals surface area (Å²) in [5.74, 6) is 0. The number of hydrogen-bond donors (Lipinski definition) is 2. The Kier molecular flexibility index (Phi) is 3.09. The molecule has 2 N–H and O–H groups in total. The van der Waals surface area contributed by atoms with Crippen molar-refractivity contribution in [2.24, 2.45) is 0 Å². The van der Waals surface area contributed by atoms with Gasteiger partial charge in [-0.2, -0.15) is 0 Å². The first-order valence-corrected chi connectivity index (χ1v) is 6.27. The highest BCUT2D eigenvalue weighted by molar-refractivity contribution is 6.02. The standard InChI is InChI=1S/C15H14N4O/c1-19(12-5-3-2-4-6-12)15(20)18-11-7-8-13-14(9-11)17-10-16-13/h2-10H,1H3,(H,16,17)(H,18,20). The van der Waals surface area contributed by atoms with Gasteiger partial charge in [-0.05, 0) is 30.3 Å². The van der Waals surface area contributed by atoms with Crippen LogP contribution in [0.5, 0.6) is 0 Å². The number of nitrogens with zero attached hydrogens (tertiary/aromatic N) is 2. The largest absolute Gasteiger partial charge is 0.345 e. The zero-order valence-electron chi connectivity index (χ0n) is 11.0. The maximum absolute atomic E-state index is 12.2. The molecule has 0 aliphatic carbocycles. The van der Waals surface area contributed by atoms with Gasteiger partial charge in [0.2, 0.25) is 0 Å². The molecular formula is C15H14N4O. The van der Waals surface area contributed by atoms with E-state index in [9.17, 15) is 4.79 Å². The quantitative estimate of drug-likeness (QED) is 0.748. The van der Waals surface area contributed by atoms with Crippen LogP contribution in [0.2, 0.25) is 0 Å². The molecule has 0 bridgehead atoms. The van der Waals surface area contributed by atoms with E-state index in [4.69, 9.17) is 0 Å². The van der Waals surface area contributed by atoms with Crippen molar-refractivity contribution in [2.45, 2.75) is 0 Å². The van der Waals surface area contributed by atoms with Gasteiger partial charge in [0.05, 0.1) is 17.4 Å². The Balaban J connectivity index is 1.78. The van der Waals surface area contributed by atoms with E-state index >= 15 is 0 Å². The maximum Gasteiger partial charge on any atom is 0.326 e. The monoisotopic (exact) mass is 266 g/mol. The Morgan fingerprint density at radius 2 is 2.00 bits per heavy atom. The third-order valence-electron chi connectivity index (χ3n) is 3.12. The molecule has 0 atom stereocenters. The second-order valence-electron chi connectivity index (χ2n) is 4.46. The molecule has 0 spiro atoms. The number of carbonyl (C=O) groups is 1. The van der Waals surface area contributed by atoms with Crippen LogP contribution in [-0.2, 0) is 0 Å². The highest BCUT2D eigenvalue weighted by Gasteiger charge is 2.10. The summed E-state index contributed by atoms with van der Waals surface area (Å²) in [6.45, 7) is 0. The molecule has 100 valence electrons. The topological polar surface area (TPSA) is 61.0 Å². The van der Waals surface area contributed by atoms with Crippen LogP contribution in [0.25, 0.3) is 11.0 Å². The average molecular weight is 266 g/mol. The Morgan fingerprint density at radius 1 is 1.20 bits per heavy atom. The van der Waals surface area contributed by atoms with Crippen LogP contribution in [0.1, 0.15) is 0 Å². The number of para-hydroxylation sites is 1. The van der Waals surface area contributed by atoms with E-state index in [0.29, 0.717) is 0 Å². The molecule has 0 fully saturated rings. The molecule has 0 radical (unpaired) electrons. The van der Waals surface area contributed by atoms with E-state index in [2.05, 4.69) is 15.3 Å². The zero-order chi connectivity index (χ0) is 13.9. The highest BCUT2D eigenvalue weighted by Crippen LogP contribution is 2.17. The van der Waals surface area contributed by atoms with E-state index < -0.39 is 0 Å². The summed E-state index contributed by atoms with van der Waals surface area (Å²) < 4.78 is 0. The van der Waals surface area contributed by atoms with Gasteiger partial charge in [-0.15, -0.1) is 0 Å². The lowest BCUT2D eigenvalue weighted by atomic mass is 10.2. The number of carbonyl (C=O) groups excluding carboxylic acids is 1. The number of anilines is 2. The molecule has 0 saturated carbocycles. The van der Waals surface area contributed by atoms with E-state index in [0.717, 1.165) is 22.4 Å². The molecule has 2 aromatic carbocycles. The van der Waals surface area contributed by atoms with Crippen LogP contribution in [0, 0.1) is 0 Å². The molecule has 2 amide bonds. The van der Waals surface area contributed by atoms with Crippen molar-refractivity contribution >= 4 is 28.4 Å². The lowest BCUT2D eigenvalue weighted by Crippen LogP contribution is -2.31. The smallest absolute Gasteiger partial charge is 0.326 e. The molecule has 3 aromatic rings. The van der Waals surface area contributed by atoms with Crippen molar-refractivity contribution in [3.63, 3.8) is 0 Å². The fraction of sp³-hybridized carbons (Fsp3) is 0.0667. The molecule has 0 unspecified atom stereocenters. The summed E-state index contributed by atoms with van der Waals surface area (Å²) in [6, 6.07) is 14.9. The molecule has 0 aliphatic rings. The first-order valence-electron chi connectivity index (χ1n) is 6.27. The van der Waals surface area contributed by atoms with Gasteiger partial charge in [-0.25, -0.2) is 9.78 Å². The first-order chi connectivity index (χ1) is 9.74. The number of rotatable bonds is 2. The van der Waals surface area contributed by atoms with Crippen molar-refractivity contribution in [2.75, 3.05) is 17.3 Å². The number of H-pyrrole nitrogens is 1. The van der Waals surface area contributed by atoms with E-state index in [1.807, 2.05) is 48.5 Å². The lowest BCUT2D eigenvalue weighted by Gasteiger charge is -2.18. The first kappa shape index (κ1) is 12.2.